The van der Waals surface area contributed by atoms with E-state index in [1.165, 1.54) is 7.11 Å². The van der Waals surface area contributed by atoms with Crippen LogP contribution in [0.15, 0.2) is 58.8 Å². The summed E-state index contributed by atoms with van der Waals surface area (Å²) in [5.41, 5.74) is 2.97. The monoisotopic (exact) mass is 357 g/mol. The van der Waals surface area contributed by atoms with E-state index in [9.17, 15) is 10.0 Å². The molecule has 2 aromatic rings. The van der Waals surface area contributed by atoms with Crippen LogP contribution >= 0.6 is 11.6 Å². The Morgan fingerprint density at radius 1 is 1.12 bits per heavy atom. The summed E-state index contributed by atoms with van der Waals surface area (Å²) >= 11 is 5.91. The molecule has 0 bridgehead atoms. The Labute approximate surface area is 151 Å². The lowest BCUT2D eigenvalue weighted by atomic mass is 10.00. The fourth-order valence-electron chi connectivity index (χ4n) is 2.36. The molecule has 0 amide bonds. The third kappa shape index (κ3) is 5.16. The van der Waals surface area contributed by atoms with Gasteiger partial charge in [-0.2, -0.15) is 0 Å². The molecule has 0 aliphatic carbocycles. The maximum Gasteiger partial charge on any atom is 0.163 e. The first-order chi connectivity index (χ1) is 12.0. The van der Waals surface area contributed by atoms with Crippen LogP contribution in [0.2, 0.25) is 5.02 Å². The van der Waals surface area contributed by atoms with Gasteiger partial charge in [0.2, 0.25) is 0 Å². The molecule has 0 heterocycles. The van der Waals surface area contributed by atoms with Gasteiger partial charge in [0.25, 0.3) is 0 Å². The number of ketones is 1. The molecule has 2 aromatic carbocycles. The van der Waals surface area contributed by atoms with E-state index in [2.05, 4.69) is 10.3 Å². The summed E-state index contributed by atoms with van der Waals surface area (Å²) in [4.78, 5) is 17.0. The fourth-order valence-corrected chi connectivity index (χ4v) is 2.55. The van der Waals surface area contributed by atoms with Crippen molar-refractivity contribution >= 4 is 28.8 Å². The van der Waals surface area contributed by atoms with E-state index in [0.29, 0.717) is 29.1 Å². The highest BCUT2D eigenvalue weighted by molar-refractivity contribution is 6.47. The minimum Gasteiger partial charge on any atom is -0.399 e. The summed E-state index contributed by atoms with van der Waals surface area (Å²) in [5, 5.41) is 18.0. The van der Waals surface area contributed by atoms with Crippen molar-refractivity contribution < 1.29 is 14.8 Å². The third-order valence-electron chi connectivity index (χ3n) is 3.68. The topological polar surface area (TPSA) is 70.9 Å². The molecule has 0 saturated carbocycles. The molecule has 0 spiro atoms. The first-order valence-electron chi connectivity index (χ1n) is 7.71. The Bertz CT molecular complexity index is 799. The maximum absolute atomic E-state index is 12.2. The molecule has 1 radical (unpaired) electrons. The lowest BCUT2D eigenvalue weighted by Crippen LogP contribution is -2.12. The van der Waals surface area contributed by atoms with Crippen molar-refractivity contribution in [3.8, 4) is 0 Å². The van der Waals surface area contributed by atoms with Crippen molar-refractivity contribution in [1.29, 1.82) is 0 Å². The van der Waals surface area contributed by atoms with E-state index in [1.54, 1.807) is 31.2 Å². The average molecular weight is 358 g/mol. The lowest BCUT2D eigenvalue weighted by molar-refractivity contribution is 0.0983. The first-order valence-corrected chi connectivity index (χ1v) is 8.09. The number of Topliss-reactive ketones (excluding diaryl/α,β-unsaturated/α-hetero) is 1. The predicted molar refractivity (Wildman–Crippen MR) is 97.9 cm³/mol. The number of oxime groups is 1. The van der Waals surface area contributed by atoms with Crippen molar-refractivity contribution in [3.05, 3.63) is 70.2 Å². The molecule has 25 heavy (non-hydrogen) atoms. The Balaban J connectivity index is 2.05. The van der Waals surface area contributed by atoms with Crippen LogP contribution < -0.4 is 0 Å². The molecular formula is C19H18ClN2O3. The fraction of sp³-hybridized carbons (Fsp3) is 0.211. The highest BCUT2D eigenvalue weighted by atomic mass is 35.5. The van der Waals surface area contributed by atoms with Crippen molar-refractivity contribution in [1.82, 2.24) is 0 Å². The minimum absolute atomic E-state index is 0.0440. The molecule has 6 heteroatoms. The zero-order valence-corrected chi connectivity index (χ0v) is 14.8. The van der Waals surface area contributed by atoms with Crippen LogP contribution in [0.25, 0.3) is 0 Å². The van der Waals surface area contributed by atoms with E-state index in [0.717, 1.165) is 11.1 Å². The maximum atomic E-state index is 12.2. The number of carbonyl (C=O) groups excluding carboxylic acids is 1. The average Bonchev–Trinajstić information content (AvgIpc) is 2.64. The molecule has 5 nitrogen and oxygen atoms in total. The molecule has 0 atom stereocenters. The zero-order valence-electron chi connectivity index (χ0n) is 14.0. The smallest absolute Gasteiger partial charge is 0.163 e. The molecule has 0 aromatic heterocycles. The van der Waals surface area contributed by atoms with Gasteiger partial charge in [-0.15, -0.1) is 5.21 Å². The summed E-state index contributed by atoms with van der Waals surface area (Å²) in [5.74, 6) is 0.0440. The molecule has 0 aliphatic heterocycles. The summed E-state index contributed by atoms with van der Waals surface area (Å²) in [6, 6.07) is 14.4. The number of carbonyl (C=O) groups is 1. The molecule has 0 aliphatic rings. The Hall–Kier alpha value is -2.66. The van der Waals surface area contributed by atoms with E-state index in [-0.39, 0.29) is 11.5 Å². The van der Waals surface area contributed by atoms with Crippen molar-refractivity contribution in [2.24, 2.45) is 10.3 Å². The quantitative estimate of drug-likeness (QED) is 0.420. The van der Waals surface area contributed by atoms with Crippen molar-refractivity contribution in [2.45, 2.75) is 19.8 Å². The van der Waals surface area contributed by atoms with Gasteiger partial charge in [0, 0.05) is 22.6 Å². The van der Waals surface area contributed by atoms with Gasteiger partial charge in [0.05, 0.1) is 0 Å². The van der Waals surface area contributed by atoms with Crippen LogP contribution in [0.1, 0.15) is 34.8 Å². The second-order valence-corrected chi connectivity index (χ2v) is 5.87. The van der Waals surface area contributed by atoms with E-state index >= 15 is 0 Å². The number of rotatable bonds is 7. The second kappa shape index (κ2) is 8.99. The van der Waals surface area contributed by atoms with E-state index < -0.39 is 0 Å². The highest BCUT2D eigenvalue weighted by Crippen LogP contribution is 2.15. The normalized spacial score (nSPS) is 12.1. The van der Waals surface area contributed by atoms with Crippen LogP contribution in [0.5, 0.6) is 0 Å². The third-order valence-corrected chi connectivity index (χ3v) is 3.91. The summed E-state index contributed by atoms with van der Waals surface area (Å²) in [6.45, 7) is 1.57. The van der Waals surface area contributed by atoms with Gasteiger partial charge >= 0.3 is 0 Å². The van der Waals surface area contributed by atoms with Gasteiger partial charge in [0.15, 0.2) is 5.78 Å². The molecule has 0 unspecified atom stereocenters. The van der Waals surface area contributed by atoms with Gasteiger partial charge in [-0.3, -0.25) is 4.79 Å². The lowest BCUT2D eigenvalue weighted by Gasteiger charge is -2.06. The van der Waals surface area contributed by atoms with Crippen LogP contribution in [0.4, 0.5) is 0 Å². The summed E-state index contributed by atoms with van der Waals surface area (Å²) in [6.07, 6.45) is 0.997. The van der Waals surface area contributed by atoms with E-state index in [4.69, 9.17) is 16.4 Å². The molecular weight excluding hydrogens is 340 g/mol. The summed E-state index contributed by atoms with van der Waals surface area (Å²) in [7, 11) is 1.41. The SMILES string of the molecule is CO/N=C(/C(C)=N[O])c1ccc(CCC(=O)c2cccc(Cl)c2)cc1. The number of halogens is 1. The van der Waals surface area contributed by atoms with Crippen LogP contribution in [0, 0.1) is 0 Å². The molecule has 129 valence electrons. The van der Waals surface area contributed by atoms with Crippen LogP contribution in [-0.2, 0) is 16.5 Å². The number of aryl methyl sites for hydroxylation is 1. The number of hydrogen-bond acceptors (Lipinski definition) is 4. The van der Waals surface area contributed by atoms with Gasteiger partial charge in [-0.25, -0.2) is 0 Å². The van der Waals surface area contributed by atoms with Gasteiger partial charge in [0.1, 0.15) is 18.5 Å². The van der Waals surface area contributed by atoms with Crippen molar-refractivity contribution in [2.75, 3.05) is 7.11 Å². The Morgan fingerprint density at radius 3 is 2.44 bits per heavy atom. The summed E-state index contributed by atoms with van der Waals surface area (Å²) < 4.78 is 0. The largest absolute Gasteiger partial charge is 0.399 e. The van der Waals surface area contributed by atoms with Gasteiger partial charge < -0.3 is 4.84 Å². The van der Waals surface area contributed by atoms with Gasteiger partial charge in [-0.05, 0) is 36.2 Å². The molecule has 2 rings (SSSR count). The molecule has 0 fully saturated rings. The van der Waals surface area contributed by atoms with Crippen molar-refractivity contribution in [3.63, 3.8) is 0 Å². The van der Waals surface area contributed by atoms with Crippen LogP contribution in [-0.4, -0.2) is 24.3 Å². The van der Waals surface area contributed by atoms with Crippen LogP contribution in [0.3, 0.4) is 0 Å². The highest BCUT2D eigenvalue weighted by Gasteiger charge is 2.11. The molecule has 0 N–H and O–H groups in total. The van der Waals surface area contributed by atoms with E-state index in [1.807, 2.05) is 24.3 Å². The minimum atomic E-state index is 0.0440. The second-order valence-electron chi connectivity index (χ2n) is 5.43. The molecule has 0 saturated heterocycles. The van der Waals surface area contributed by atoms with Gasteiger partial charge in [-0.1, -0.05) is 53.2 Å². The Morgan fingerprint density at radius 2 is 1.84 bits per heavy atom. The predicted octanol–water partition coefficient (Wildman–Crippen LogP) is 4.31. The first kappa shape index (κ1) is 18.7. The Kier molecular flexibility index (Phi) is 6.71. The number of hydrogen-bond donors (Lipinski definition) is 0. The number of nitrogens with zero attached hydrogens (tertiary/aromatic N) is 2. The number of benzene rings is 2. The zero-order chi connectivity index (χ0) is 18.2. The standard InChI is InChI=1S/C19H18ClN2O3/c1-13(21-24)19(22-25-2)15-9-6-14(7-10-15)8-11-18(23)16-4-3-5-17(20)12-16/h3-7,9-10,12H,8,11H2,1-2H3/b21-13?,22-19-.